The van der Waals surface area contributed by atoms with Crippen LogP contribution in [0.3, 0.4) is 0 Å². The summed E-state index contributed by atoms with van der Waals surface area (Å²) in [7, 11) is 3.57. The molecule has 12 heteroatoms. The number of nitrogens with one attached hydrogen (secondary N) is 2. The fourth-order valence-corrected chi connectivity index (χ4v) is 7.62. The van der Waals surface area contributed by atoms with Gasteiger partial charge in [0.25, 0.3) is 0 Å². The summed E-state index contributed by atoms with van der Waals surface area (Å²) in [6.45, 7) is 4.81. The molecule has 1 spiro atoms. The minimum absolute atomic E-state index is 0.156. The van der Waals surface area contributed by atoms with Gasteiger partial charge in [-0.3, -0.25) is 9.59 Å². The summed E-state index contributed by atoms with van der Waals surface area (Å²) in [5.74, 6) is -1.38. The van der Waals surface area contributed by atoms with Gasteiger partial charge in [0, 0.05) is 24.9 Å². The molecule has 2 bridgehead atoms. The Morgan fingerprint density at radius 3 is 2.50 bits per heavy atom. The lowest BCUT2D eigenvalue weighted by Crippen LogP contribution is -2.74. The minimum Gasteiger partial charge on any atom is -0.493 e. The number of hydrogen-bond acceptors (Lipinski definition) is 10. The van der Waals surface area contributed by atoms with Crippen LogP contribution in [0.2, 0.25) is 0 Å². The Hall–Kier alpha value is -4.42. The van der Waals surface area contributed by atoms with E-state index in [0.717, 1.165) is 17.7 Å². The second kappa shape index (κ2) is 11.7. The van der Waals surface area contributed by atoms with Crippen LogP contribution < -0.4 is 20.1 Å². The second-order valence-corrected chi connectivity index (χ2v) is 12.6. The summed E-state index contributed by atoms with van der Waals surface area (Å²) in [6.07, 6.45) is 1.05. The van der Waals surface area contributed by atoms with Gasteiger partial charge in [0.1, 0.15) is 17.8 Å². The Balaban J connectivity index is 1.16. The molecule has 0 saturated carbocycles. The van der Waals surface area contributed by atoms with E-state index in [0.29, 0.717) is 29.9 Å². The maximum absolute atomic E-state index is 13.3. The number of likely N-dealkylation sites (N-methyl/N-ethyl adjacent to an activating group) is 1. The Morgan fingerprint density at radius 2 is 1.80 bits per heavy atom. The Labute approximate surface area is 267 Å². The lowest BCUT2D eigenvalue weighted by atomic mass is 9.50. The Bertz CT molecular complexity index is 1610. The summed E-state index contributed by atoms with van der Waals surface area (Å²) in [5.41, 5.74) is 0.496. The molecule has 3 N–H and O–H groups in total. The predicted molar refractivity (Wildman–Crippen MR) is 164 cm³/mol. The van der Waals surface area contributed by atoms with Gasteiger partial charge >= 0.3 is 11.9 Å². The minimum atomic E-state index is -1.32. The molecular formula is C34H39N3O9. The molecule has 7 atom stereocenters. The molecule has 6 rings (SSSR count). The van der Waals surface area contributed by atoms with Crippen molar-refractivity contribution in [1.29, 1.82) is 0 Å². The number of likely N-dealkylation sites (tertiary alicyclic amines) is 1. The van der Waals surface area contributed by atoms with Crippen LogP contribution in [0.1, 0.15) is 56.3 Å². The third-order valence-electron chi connectivity index (χ3n) is 9.86. The largest absolute Gasteiger partial charge is 0.493 e. The Kier molecular flexibility index (Phi) is 8.06. The molecule has 2 aliphatic heterocycles. The van der Waals surface area contributed by atoms with E-state index in [1.807, 2.05) is 19.2 Å². The van der Waals surface area contributed by atoms with Crippen molar-refractivity contribution in [3.63, 3.8) is 0 Å². The van der Waals surface area contributed by atoms with Gasteiger partial charge in [0.05, 0.1) is 18.1 Å². The number of nitrogens with zero attached hydrogens (tertiary/aromatic N) is 1. The molecule has 0 aromatic heterocycles. The van der Waals surface area contributed by atoms with Gasteiger partial charge in [-0.05, 0) is 63.6 Å². The highest BCUT2D eigenvalue weighted by Crippen LogP contribution is 2.65. The van der Waals surface area contributed by atoms with Gasteiger partial charge in [0.15, 0.2) is 23.7 Å². The number of esters is 2. The molecule has 244 valence electrons. The van der Waals surface area contributed by atoms with E-state index < -0.39 is 59.1 Å². The van der Waals surface area contributed by atoms with Gasteiger partial charge in [-0.1, -0.05) is 36.4 Å². The number of hydrogen-bond donors (Lipinski definition) is 3. The molecule has 2 heterocycles. The molecule has 2 aliphatic carbocycles. The van der Waals surface area contributed by atoms with Gasteiger partial charge in [0.2, 0.25) is 11.8 Å². The van der Waals surface area contributed by atoms with Crippen LogP contribution in [0.15, 0.2) is 54.3 Å². The first kappa shape index (κ1) is 31.6. The molecule has 2 aromatic carbocycles. The summed E-state index contributed by atoms with van der Waals surface area (Å²) < 4.78 is 23.4. The van der Waals surface area contributed by atoms with Crippen LogP contribution >= 0.6 is 0 Å². The van der Waals surface area contributed by atoms with E-state index in [1.165, 1.54) is 20.8 Å². The maximum atomic E-state index is 13.3. The molecule has 2 aromatic rings. The van der Waals surface area contributed by atoms with E-state index in [9.17, 15) is 24.3 Å². The zero-order chi connectivity index (χ0) is 33.0. The average Bonchev–Trinajstić information content (AvgIpc) is 3.39. The smallest absolute Gasteiger partial charge is 0.352 e. The number of benzene rings is 2. The SMILES string of the molecule is COc1ccc2c3c1O[C@H]1C(OC(=O)C(C)OC(=O)[C@H](C)NC(=O)[C@@H](NC(C)=O)c4ccccc4)=CC[C@@]4(O)[C@@H](C2)N(C)CC[C@]314. The number of methoxy groups -OCH3 is 1. The molecule has 4 aliphatic rings. The molecule has 1 fully saturated rings. The van der Waals surface area contributed by atoms with Crippen molar-refractivity contribution in [2.24, 2.45) is 0 Å². The average molecular weight is 634 g/mol. The number of carbonyl (C=O) groups excluding carboxylic acids is 4. The number of rotatable bonds is 9. The van der Waals surface area contributed by atoms with Crippen LogP contribution in [0, 0.1) is 0 Å². The topological polar surface area (TPSA) is 153 Å². The van der Waals surface area contributed by atoms with E-state index >= 15 is 0 Å². The van der Waals surface area contributed by atoms with Crippen LogP contribution in [0.25, 0.3) is 0 Å². The first-order valence-electron chi connectivity index (χ1n) is 15.5. The highest BCUT2D eigenvalue weighted by atomic mass is 16.6. The molecule has 1 unspecified atom stereocenters. The van der Waals surface area contributed by atoms with Crippen molar-refractivity contribution in [3.8, 4) is 11.5 Å². The van der Waals surface area contributed by atoms with Crippen LogP contribution in [-0.4, -0.2) is 84.4 Å². The number of carbonyl (C=O) groups is 4. The van der Waals surface area contributed by atoms with Crippen molar-refractivity contribution >= 4 is 23.8 Å². The van der Waals surface area contributed by atoms with Gasteiger partial charge in [-0.2, -0.15) is 0 Å². The van der Waals surface area contributed by atoms with Crippen molar-refractivity contribution in [2.45, 2.75) is 81.4 Å². The standard InChI is InChI=1S/C34H39N3O9/c1-18(35-30(39)27(36-20(3)38)21-9-7-6-8-10-21)31(40)44-19(2)32(41)45-24-13-14-34(42)25-17-22-11-12-23(43-5)28-26(22)33(34,29(24)46-28)15-16-37(25)4/h6-13,18-19,25,27,29,42H,14-17H2,1-5H3,(H,35,39)(H,36,38)/t18-,19?,25+,27-,29-,33-,34+/m0/s1. The lowest BCUT2D eigenvalue weighted by molar-refractivity contribution is -0.176. The predicted octanol–water partition coefficient (Wildman–Crippen LogP) is 1.83. The first-order valence-corrected chi connectivity index (χ1v) is 15.5. The maximum Gasteiger partial charge on any atom is 0.352 e. The van der Waals surface area contributed by atoms with Crippen LogP contribution in [0.5, 0.6) is 11.5 Å². The van der Waals surface area contributed by atoms with Crippen molar-refractivity contribution in [3.05, 3.63) is 71.0 Å². The van der Waals surface area contributed by atoms with Crippen LogP contribution in [-0.2, 0) is 40.5 Å². The van der Waals surface area contributed by atoms with Gasteiger partial charge in [-0.15, -0.1) is 0 Å². The van der Waals surface area contributed by atoms with Crippen LogP contribution in [0.4, 0.5) is 0 Å². The molecule has 12 nitrogen and oxygen atoms in total. The highest BCUT2D eigenvalue weighted by molar-refractivity contribution is 5.91. The number of aliphatic hydroxyl groups is 1. The fraction of sp³-hybridized carbons (Fsp3) is 0.471. The number of amides is 2. The number of ether oxygens (including phenoxy) is 4. The quantitative estimate of drug-likeness (QED) is 0.349. The summed E-state index contributed by atoms with van der Waals surface area (Å²) in [4.78, 5) is 53.2. The van der Waals surface area contributed by atoms with E-state index in [2.05, 4.69) is 15.5 Å². The summed E-state index contributed by atoms with van der Waals surface area (Å²) in [6, 6.07) is 10.2. The number of piperidine rings is 1. The van der Waals surface area contributed by atoms with Crippen molar-refractivity contribution in [1.82, 2.24) is 15.5 Å². The summed E-state index contributed by atoms with van der Waals surface area (Å²) in [5, 5.41) is 17.5. The fourth-order valence-electron chi connectivity index (χ4n) is 7.62. The van der Waals surface area contributed by atoms with Gasteiger partial charge in [-0.25, -0.2) is 9.59 Å². The molecule has 0 radical (unpaired) electrons. The monoisotopic (exact) mass is 633 g/mol. The molecule has 1 saturated heterocycles. The zero-order valence-electron chi connectivity index (χ0n) is 26.5. The second-order valence-electron chi connectivity index (χ2n) is 12.6. The van der Waals surface area contributed by atoms with E-state index in [-0.39, 0.29) is 18.2 Å². The Morgan fingerprint density at radius 1 is 1.07 bits per heavy atom. The van der Waals surface area contributed by atoms with Gasteiger partial charge < -0.3 is 39.6 Å². The molecule has 2 amide bonds. The summed E-state index contributed by atoms with van der Waals surface area (Å²) >= 11 is 0. The van der Waals surface area contributed by atoms with E-state index in [1.54, 1.807) is 43.5 Å². The highest BCUT2D eigenvalue weighted by Gasteiger charge is 2.72. The van der Waals surface area contributed by atoms with Crippen molar-refractivity contribution < 1.29 is 43.2 Å². The molecule has 46 heavy (non-hydrogen) atoms. The van der Waals surface area contributed by atoms with Crippen molar-refractivity contribution in [2.75, 3.05) is 20.7 Å². The normalized spacial score (nSPS) is 27.5. The third-order valence-corrected chi connectivity index (χ3v) is 9.86. The molecular weight excluding hydrogens is 594 g/mol. The third kappa shape index (κ3) is 4.91. The lowest BCUT2D eigenvalue weighted by Gasteiger charge is -2.61. The first-order chi connectivity index (χ1) is 21.9. The zero-order valence-corrected chi connectivity index (χ0v) is 26.5. The van der Waals surface area contributed by atoms with E-state index in [4.69, 9.17) is 18.9 Å².